The monoisotopic (exact) mass is 465 g/mol. The molecule has 0 bridgehead atoms. The zero-order valence-electron chi connectivity index (χ0n) is 22.2. The van der Waals surface area contributed by atoms with Crippen LogP contribution in [-0.4, -0.2) is 24.4 Å². The number of hydrogen-bond acceptors (Lipinski definition) is 3. The van der Waals surface area contributed by atoms with Gasteiger partial charge < -0.3 is 20.3 Å². The number of rotatable bonds is 24. The third-order valence-electron chi connectivity index (χ3n) is 5.91. The molecule has 4 nitrogen and oxygen atoms in total. The Hall–Kier alpha value is 0.230. The molecule has 0 unspecified atom stereocenters. The molecule has 5 heteroatoms. The molecule has 0 spiro atoms. The van der Waals surface area contributed by atoms with E-state index in [2.05, 4.69) is 19.2 Å². The molecule has 0 radical (unpaired) electrons. The molecule has 0 aromatic rings. The Morgan fingerprint density at radius 2 is 0.719 bits per heavy atom. The van der Waals surface area contributed by atoms with E-state index in [9.17, 15) is 0 Å². The average molecular weight is 466 g/mol. The fraction of sp³-hybridized carbons (Fsp3) is 0.963. The van der Waals surface area contributed by atoms with E-state index < -0.39 is 6.16 Å². The van der Waals surface area contributed by atoms with Crippen molar-refractivity contribution in [2.75, 3.05) is 13.1 Å². The number of unbranched alkanes of at least 4 members (excludes halogenated alkanes) is 20. The van der Waals surface area contributed by atoms with E-state index in [0.717, 1.165) is 0 Å². The Kier molecular flexibility index (Phi) is 41.2. The number of hydrogen-bond donors (Lipinski definition) is 2. The van der Waals surface area contributed by atoms with Gasteiger partial charge in [0.15, 0.2) is 0 Å². The van der Waals surface area contributed by atoms with Crippen LogP contribution in [0, 0.1) is 0 Å². The fourth-order valence-electron chi connectivity index (χ4n) is 3.95. The van der Waals surface area contributed by atoms with Crippen LogP contribution in [-0.2, 0) is 0 Å². The summed E-state index contributed by atoms with van der Waals surface area (Å²) in [6.45, 7) is 7.09. The molecule has 32 heavy (non-hydrogen) atoms. The van der Waals surface area contributed by atoms with Gasteiger partial charge in [0.1, 0.15) is 0 Å². The van der Waals surface area contributed by atoms with Crippen molar-refractivity contribution in [3.8, 4) is 0 Å². The van der Waals surface area contributed by atoms with Crippen molar-refractivity contribution in [3.05, 3.63) is 0 Å². The maximum absolute atomic E-state index is 8.44. The summed E-state index contributed by atoms with van der Waals surface area (Å²) in [6.07, 6.45) is 29.7. The number of carboxylic acid groups (broad SMARTS) is 2. The first-order chi connectivity index (χ1) is 15.1. The van der Waals surface area contributed by atoms with Gasteiger partial charge in [-0.3, -0.25) is 0 Å². The van der Waals surface area contributed by atoms with E-state index in [1.807, 2.05) is 0 Å². The second-order valence-electron chi connectivity index (χ2n) is 9.09. The molecule has 0 aromatic heterocycles. The van der Waals surface area contributed by atoms with E-state index in [0.29, 0.717) is 0 Å². The van der Waals surface area contributed by atoms with Crippen LogP contribution in [0.3, 0.4) is 0 Å². The van der Waals surface area contributed by atoms with Gasteiger partial charge in [-0.15, -0.1) is 0 Å². The van der Waals surface area contributed by atoms with Crippen LogP contribution in [0.1, 0.15) is 155 Å². The summed E-state index contributed by atoms with van der Waals surface area (Å²) in [7, 11) is 0. The SMILES string of the molecule is CCCCCCCCCCCCCCNCCCCCCCCCCCC.O=C([O-])O.[Na+]. The minimum atomic E-state index is -2.08. The maximum Gasteiger partial charge on any atom is 1.00 e. The molecule has 0 aliphatic heterocycles. The molecular weight excluding hydrogens is 409 g/mol. The van der Waals surface area contributed by atoms with Gasteiger partial charge in [0.05, 0.1) is 0 Å². The molecule has 0 aliphatic rings. The van der Waals surface area contributed by atoms with Gasteiger partial charge in [-0.25, -0.2) is 0 Å². The summed E-state index contributed by atoms with van der Waals surface area (Å²) in [5.41, 5.74) is 0. The topological polar surface area (TPSA) is 72.4 Å². The predicted molar refractivity (Wildman–Crippen MR) is 134 cm³/mol. The zero-order valence-corrected chi connectivity index (χ0v) is 24.2. The maximum atomic E-state index is 8.44. The van der Waals surface area contributed by atoms with Crippen LogP contribution < -0.4 is 40.0 Å². The first kappa shape index (κ1) is 36.8. The minimum absolute atomic E-state index is 0. The van der Waals surface area contributed by atoms with Crippen molar-refractivity contribution < 1.29 is 44.6 Å². The first-order valence-corrected chi connectivity index (χ1v) is 13.8. The fourth-order valence-corrected chi connectivity index (χ4v) is 3.95. The molecule has 0 aliphatic carbocycles. The van der Waals surface area contributed by atoms with Crippen LogP contribution in [0.5, 0.6) is 0 Å². The molecule has 0 saturated heterocycles. The van der Waals surface area contributed by atoms with Gasteiger partial charge in [-0.05, 0) is 25.9 Å². The number of nitrogens with one attached hydrogen (secondary N) is 1. The van der Waals surface area contributed by atoms with Crippen LogP contribution in [0.4, 0.5) is 4.79 Å². The Bertz CT molecular complexity index is 302. The van der Waals surface area contributed by atoms with Gasteiger partial charge in [-0.2, -0.15) is 0 Å². The van der Waals surface area contributed by atoms with Crippen molar-refractivity contribution in [2.24, 2.45) is 0 Å². The van der Waals surface area contributed by atoms with Crippen LogP contribution >= 0.6 is 0 Å². The van der Waals surface area contributed by atoms with Gasteiger partial charge >= 0.3 is 29.6 Å². The molecule has 0 fully saturated rings. The summed E-state index contributed by atoms with van der Waals surface area (Å²) < 4.78 is 0. The molecule has 0 aromatic carbocycles. The number of carbonyl (C=O) groups is 1. The molecule has 0 atom stereocenters. The molecule has 188 valence electrons. The second kappa shape index (κ2) is 35.8. The van der Waals surface area contributed by atoms with E-state index >= 15 is 0 Å². The molecule has 0 heterocycles. The van der Waals surface area contributed by atoms with Crippen molar-refractivity contribution in [1.29, 1.82) is 0 Å². The molecular formula is C27H56NNaO3. The largest absolute Gasteiger partial charge is 1.00 e. The van der Waals surface area contributed by atoms with Gasteiger partial charge in [-0.1, -0.05) is 142 Å². The molecule has 0 saturated carbocycles. The van der Waals surface area contributed by atoms with Gasteiger partial charge in [0.2, 0.25) is 6.16 Å². The summed E-state index contributed by atoms with van der Waals surface area (Å²) in [5.74, 6) is 0. The van der Waals surface area contributed by atoms with Crippen molar-refractivity contribution in [3.63, 3.8) is 0 Å². The van der Waals surface area contributed by atoms with Crippen LogP contribution in [0.25, 0.3) is 0 Å². The van der Waals surface area contributed by atoms with Crippen molar-refractivity contribution in [1.82, 2.24) is 5.32 Å². The third-order valence-corrected chi connectivity index (χ3v) is 5.91. The van der Waals surface area contributed by atoms with Crippen molar-refractivity contribution >= 4 is 6.16 Å². The quantitative estimate of drug-likeness (QED) is 0.154. The summed E-state index contributed by atoms with van der Waals surface area (Å²) >= 11 is 0. The molecule has 0 rings (SSSR count). The van der Waals surface area contributed by atoms with Crippen LogP contribution in [0.2, 0.25) is 0 Å². The van der Waals surface area contributed by atoms with Gasteiger partial charge in [0, 0.05) is 0 Å². The average Bonchev–Trinajstić information content (AvgIpc) is 2.74. The van der Waals surface area contributed by atoms with E-state index in [1.165, 1.54) is 154 Å². The summed E-state index contributed by atoms with van der Waals surface area (Å²) in [5, 5.41) is 19.0. The van der Waals surface area contributed by atoms with Gasteiger partial charge in [0.25, 0.3) is 0 Å². The van der Waals surface area contributed by atoms with Crippen molar-refractivity contribution in [2.45, 2.75) is 155 Å². The second-order valence-corrected chi connectivity index (χ2v) is 9.09. The third kappa shape index (κ3) is 44.0. The van der Waals surface area contributed by atoms with Crippen LogP contribution in [0.15, 0.2) is 0 Å². The standard InChI is InChI=1S/C26H55N.CH2O3.Na/c1-3-5-7-9-11-13-15-16-18-20-22-24-26-27-25-23-21-19-17-14-12-10-8-6-4-2;2-1(3)4;/h27H,3-26H2,1-2H3;(H2,2,3,4);/q;;+1/p-1. The molecule has 2 N–H and O–H groups in total. The summed E-state index contributed by atoms with van der Waals surface area (Å²) in [4.78, 5) is 8.44. The van der Waals surface area contributed by atoms with E-state index in [1.54, 1.807) is 0 Å². The summed E-state index contributed by atoms with van der Waals surface area (Å²) in [6, 6.07) is 0. The first-order valence-electron chi connectivity index (χ1n) is 13.8. The Morgan fingerprint density at radius 1 is 0.531 bits per heavy atom. The predicted octanol–water partition coefficient (Wildman–Crippen LogP) is 5.09. The Labute approximate surface area is 223 Å². The zero-order chi connectivity index (χ0) is 23.3. The van der Waals surface area contributed by atoms with E-state index in [4.69, 9.17) is 15.0 Å². The minimum Gasteiger partial charge on any atom is -0.565 e. The Morgan fingerprint density at radius 3 is 0.938 bits per heavy atom. The normalized spacial score (nSPS) is 10.3. The molecule has 0 amide bonds. The van der Waals surface area contributed by atoms with E-state index in [-0.39, 0.29) is 29.6 Å². The smallest absolute Gasteiger partial charge is 0.565 e. The Balaban J connectivity index is -0.00000154.